The SMILES string of the molecule is COC(=O)c1coc(C=CCCC(C)C(CC(OC)C(C)CCC(=O)C(C)C(CC=CN(C)C=O)OC)OC(=O)CC(O)CC(N)CC(=O)C(C)C(OC)c2coc(C(N)=O)n2)n1. The second-order valence-corrected chi connectivity index (χ2v) is 15.9. The van der Waals surface area contributed by atoms with Gasteiger partial charge in [-0.25, -0.2) is 14.8 Å². The molecule has 2 aromatic rings. The van der Waals surface area contributed by atoms with Crippen molar-refractivity contribution in [3.63, 3.8) is 0 Å². The molecule has 2 rings (SSSR count). The number of aliphatic hydroxyl groups excluding tert-OH is 1. The molecule has 352 valence electrons. The number of hydrogen-bond acceptors (Lipinski definition) is 17. The van der Waals surface area contributed by atoms with Gasteiger partial charge >= 0.3 is 17.8 Å². The van der Waals surface area contributed by atoms with E-state index in [9.17, 15) is 33.9 Å². The average Bonchev–Trinajstić information content (AvgIpc) is 3.95. The predicted octanol–water partition coefficient (Wildman–Crippen LogP) is 4.37. The lowest BCUT2D eigenvalue weighted by atomic mass is 9.86. The smallest absolute Gasteiger partial charge is 0.360 e. The van der Waals surface area contributed by atoms with Crippen molar-refractivity contribution in [1.29, 1.82) is 0 Å². The lowest BCUT2D eigenvalue weighted by molar-refractivity contribution is -0.156. The maximum Gasteiger partial charge on any atom is 0.360 e. The molecular formula is C44H67N5O14. The Kier molecular flexibility index (Phi) is 23.9. The minimum absolute atomic E-state index is 0.0178. The van der Waals surface area contributed by atoms with E-state index < -0.39 is 60.1 Å². The van der Waals surface area contributed by atoms with Crippen molar-refractivity contribution in [2.45, 2.75) is 122 Å². The van der Waals surface area contributed by atoms with Crippen LogP contribution in [-0.2, 0) is 42.9 Å². The number of hydrogen-bond donors (Lipinski definition) is 3. The first-order chi connectivity index (χ1) is 29.9. The molecule has 0 saturated heterocycles. The molecule has 63 heavy (non-hydrogen) atoms. The zero-order valence-corrected chi connectivity index (χ0v) is 37.9. The molecule has 19 heteroatoms. The lowest BCUT2D eigenvalue weighted by Crippen LogP contribution is -2.36. The van der Waals surface area contributed by atoms with Crippen LogP contribution in [0.25, 0.3) is 6.08 Å². The largest absolute Gasteiger partial charge is 0.464 e. The second kappa shape index (κ2) is 27.9. The van der Waals surface area contributed by atoms with Crippen molar-refractivity contribution in [3.05, 3.63) is 54.0 Å². The number of amides is 2. The number of allylic oxidation sites excluding steroid dienone is 1. The van der Waals surface area contributed by atoms with Gasteiger partial charge in [0.15, 0.2) is 5.69 Å². The molecule has 0 spiro atoms. The first kappa shape index (κ1) is 54.1. The van der Waals surface area contributed by atoms with Crippen molar-refractivity contribution in [2.24, 2.45) is 35.1 Å². The number of ketones is 2. The summed E-state index contributed by atoms with van der Waals surface area (Å²) in [5, 5.41) is 10.9. The Hall–Kier alpha value is -5.08. The summed E-state index contributed by atoms with van der Waals surface area (Å²) in [6.45, 7) is 7.33. The molecule has 2 aromatic heterocycles. The van der Waals surface area contributed by atoms with Crippen LogP contribution >= 0.6 is 0 Å². The van der Waals surface area contributed by atoms with Crippen LogP contribution in [-0.4, -0.2) is 122 Å². The highest BCUT2D eigenvalue weighted by molar-refractivity contribution is 5.88. The minimum atomic E-state index is -1.22. The summed E-state index contributed by atoms with van der Waals surface area (Å²) in [5.74, 6) is -4.01. The molecule has 5 N–H and O–H groups in total. The van der Waals surface area contributed by atoms with Crippen LogP contribution in [0.1, 0.15) is 124 Å². The molecule has 10 atom stereocenters. The Morgan fingerprint density at radius 3 is 2.13 bits per heavy atom. The van der Waals surface area contributed by atoms with Crippen LogP contribution in [0.5, 0.6) is 0 Å². The molecule has 0 aliphatic carbocycles. The Morgan fingerprint density at radius 2 is 1.52 bits per heavy atom. The number of carbonyl (C=O) groups excluding carboxylic acids is 6. The van der Waals surface area contributed by atoms with Gasteiger partial charge in [-0.15, -0.1) is 0 Å². The van der Waals surface area contributed by atoms with Gasteiger partial charge in [0.2, 0.25) is 12.3 Å². The van der Waals surface area contributed by atoms with E-state index in [0.29, 0.717) is 38.5 Å². The Morgan fingerprint density at radius 1 is 0.841 bits per heavy atom. The summed E-state index contributed by atoms with van der Waals surface area (Å²) in [5.41, 5.74) is 11.7. The van der Waals surface area contributed by atoms with Crippen LogP contribution in [0.2, 0.25) is 0 Å². The Labute approximate surface area is 369 Å². The maximum absolute atomic E-state index is 13.4. The number of Topliss-reactive ketones (excluding diaryl/α,β-unsaturated/α-hetero) is 2. The van der Waals surface area contributed by atoms with Gasteiger partial charge in [0.1, 0.15) is 42.0 Å². The number of nitrogens with two attached hydrogens (primary N) is 2. The van der Waals surface area contributed by atoms with Gasteiger partial charge in [-0.3, -0.25) is 24.0 Å². The molecule has 0 saturated carbocycles. The van der Waals surface area contributed by atoms with Crippen molar-refractivity contribution >= 4 is 41.9 Å². The zero-order valence-electron chi connectivity index (χ0n) is 37.9. The van der Waals surface area contributed by atoms with Gasteiger partial charge in [0.05, 0.1) is 31.8 Å². The van der Waals surface area contributed by atoms with Gasteiger partial charge in [0.25, 0.3) is 5.89 Å². The third-order valence-electron chi connectivity index (χ3n) is 11.1. The monoisotopic (exact) mass is 889 g/mol. The van der Waals surface area contributed by atoms with E-state index in [1.807, 2.05) is 26.8 Å². The Bertz CT molecular complexity index is 1810. The van der Waals surface area contributed by atoms with E-state index in [-0.39, 0.29) is 78.4 Å². The van der Waals surface area contributed by atoms with Crippen LogP contribution in [0.4, 0.5) is 0 Å². The van der Waals surface area contributed by atoms with Crippen molar-refractivity contribution in [2.75, 3.05) is 35.5 Å². The average molecular weight is 890 g/mol. The third-order valence-corrected chi connectivity index (χ3v) is 11.1. The van der Waals surface area contributed by atoms with E-state index in [0.717, 1.165) is 0 Å². The van der Waals surface area contributed by atoms with Crippen LogP contribution in [0.15, 0.2) is 39.7 Å². The van der Waals surface area contributed by atoms with Crippen molar-refractivity contribution < 1.29 is 66.4 Å². The number of aromatic nitrogens is 2. The fraction of sp³-hybridized carbons (Fsp3) is 0.636. The quantitative estimate of drug-likeness (QED) is 0.0679. The number of ether oxygens (including phenoxy) is 5. The first-order valence-corrected chi connectivity index (χ1v) is 21.0. The molecule has 0 fully saturated rings. The molecule has 10 unspecified atom stereocenters. The summed E-state index contributed by atoms with van der Waals surface area (Å²) in [6, 6.07) is -0.809. The summed E-state index contributed by atoms with van der Waals surface area (Å²) in [4.78, 5) is 83.4. The van der Waals surface area contributed by atoms with Crippen molar-refractivity contribution in [3.8, 4) is 0 Å². The van der Waals surface area contributed by atoms with Gasteiger partial charge < -0.3 is 54.0 Å². The molecule has 0 aliphatic rings. The molecule has 19 nitrogen and oxygen atoms in total. The number of rotatable bonds is 32. The highest BCUT2D eigenvalue weighted by Crippen LogP contribution is 2.29. The van der Waals surface area contributed by atoms with Crippen LogP contribution < -0.4 is 11.5 Å². The molecule has 2 amide bonds. The molecule has 0 radical (unpaired) electrons. The van der Waals surface area contributed by atoms with Crippen molar-refractivity contribution in [1.82, 2.24) is 14.9 Å². The summed E-state index contributed by atoms with van der Waals surface area (Å²) < 4.78 is 38.0. The number of nitrogens with zero attached hydrogens (tertiary/aromatic N) is 3. The van der Waals surface area contributed by atoms with E-state index in [1.54, 1.807) is 46.5 Å². The van der Waals surface area contributed by atoms with Crippen LogP contribution in [0.3, 0.4) is 0 Å². The molecular weight excluding hydrogens is 823 g/mol. The predicted molar refractivity (Wildman–Crippen MR) is 228 cm³/mol. The molecule has 0 aliphatic heterocycles. The minimum Gasteiger partial charge on any atom is -0.464 e. The topological polar surface area (TPSA) is 276 Å². The highest BCUT2D eigenvalue weighted by Gasteiger charge is 2.32. The zero-order chi connectivity index (χ0) is 47.2. The fourth-order valence-corrected chi connectivity index (χ4v) is 7.02. The standard InChI is InChI=1S/C44H67N5O14/c1-26(13-10-11-15-39-47-33(24-61-39)44(56)60-9)38(22-37(58-7)27(2)16-17-34(52)28(3)36(57-6)14-12-18-49(5)25-50)63-40(54)21-31(51)19-30(45)20-35(53)29(4)41(59-8)32-23-62-43(48-32)42(46)55/h11-12,15,18,23-31,36-38,41,51H,10,13-14,16-17,19-22,45H2,1-9H3,(H2,46,55). The van der Waals surface area contributed by atoms with Crippen LogP contribution in [0, 0.1) is 23.7 Å². The summed E-state index contributed by atoms with van der Waals surface area (Å²) in [7, 11) is 7.35. The van der Waals surface area contributed by atoms with Gasteiger partial charge in [-0.05, 0) is 50.0 Å². The first-order valence-electron chi connectivity index (χ1n) is 21.0. The van der Waals surface area contributed by atoms with E-state index in [1.165, 1.54) is 31.6 Å². The normalized spacial score (nSPS) is 16.6. The van der Waals surface area contributed by atoms with Gasteiger partial charge in [-0.1, -0.05) is 39.8 Å². The van der Waals surface area contributed by atoms with Gasteiger partial charge in [-0.2, -0.15) is 0 Å². The van der Waals surface area contributed by atoms with E-state index >= 15 is 0 Å². The third kappa shape index (κ3) is 18.3. The van der Waals surface area contributed by atoms with E-state index in [4.69, 9.17) is 39.2 Å². The molecule has 0 bridgehead atoms. The van der Waals surface area contributed by atoms with E-state index in [2.05, 4.69) is 14.7 Å². The number of oxazole rings is 2. The number of aliphatic hydroxyl groups is 1. The van der Waals surface area contributed by atoms with Gasteiger partial charge in [0, 0.05) is 71.7 Å². The Balaban J connectivity index is 2.11. The number of methoxy groups -OCH3 is 4. The highest BCUT2D eigenvalue weighted by atomic mass is 16.5. The molecule has 2 heterocycles. The number of esters is 2. The second-order valence-electron chi connectivity index (χ2n) is 15.9. The maximum atomic E-state index is 13.4. The number of carbonyl (C=O) groups is 6. The fourth-order valence-electron chi connectivity index (χ4n) is 7.02. The molecule has 0 aromatic carbocycles. The lowest BCUT2D eigenvalue weighted by Gasteiger charge is -2.31. The number of primary amides is 1. The summed E-state index contributed by atoms with van der Waals surface area (Å²) >= 11 is 0. The summed E-state index contributed by atoms with van der Waals surface area (Å²) in [6.07, 6.45) is 8.39.